The van der Waals surface area contributed by atoms with Gasteiger partial charge in [-0.15, -0.1) is 0 Å². The number of aliphatic hydroxyl groups is 1. The van der Waals surface area contributed by atoms with Crippen LogP contribution >= 0.6 is 0 Å². The molecule has 130 valence electrons. The number of rotatable bonds is 6. The van der Waals surface area contributed by atoms with Crippen molar-refractivity contribution in [3.63, 3.8) is 0 Å². The first-order valence-corrected chi connectivity index (χ1v) is 8.26. The quantitative estimate of drug-likeness (QED) is 0.638. The third kappa shape index (κ3) is 4.16. The summed E-state index contributed by atoms with van der Waals surface area (Å²) in [7, 11) is 0. The molecule has 1 aromatic heterocycles. The standard InChI is InChI=1S/C19H21N3O3/c1-13-16-10-9-15(12-18(16)25-22-13)20-19(24)21-17(8-5-11-23)14-6-3-2-4-7-14/h2-4,6-7,9-10,12,17,23H,5,8,11H2,1H3,(H2,20,21,24). The molecule has 0 aliphatic carbocycles. The first-order chi connectivity index (χ1) is 12.2. The maximum atomic E-state index is 12.4. The zero-order chi connectivity index (χ0) is 17.6. The fourth-order valence-corrected chi connectivity index (χ4v) is 2.77. The first-order valence-electron chi connectivity index (χ1n) is 8.26. The second-order valence-electron chi connectivity index (χ2n) is 5.91. The molecule has 1 heterocycles. The topological polar surface area (TPSA) is 87.4 Å². The lowest BCUT2D eigenvalue weighted by molar-refractivity contribution is 0.244. The van der Waals surface area contributed by atoms with Crippen molar-refractivity contribution in [2.75, 3.05) is 11.9 Å². The van der Waals surface area contributed by atoms with Crippen LogP contribution in [0.4, 0.5) is 10.5 Å². The predicted molar refractivity (Wildman–Crippen MR) is 96.4 cm³/mol. The second-order valence-corrected chi connectivity index (χ2v) is 5.91. The van der Waals surface area contributed by atoms with Gasteiger partial charge in [0.25, 0.3) is 0 Å². The number of urea groups is 1. The summed E-state index contributed by atoms with van der Waals surface area (Å²) in [5, 5.41) is 19.7. The molecule has 6 heteroatoms. The van der Waals surface area contributed by atoms with E-state index in [1.54, 1.807) is 6.07 Å². The van der Waals surface area contributed by atoms with Crippen molar-refractivity contribution in [3.8, 4) is 0 Å². The molecule has 0 fully saturated rings. The summed E-state index contributed by atoms with van der Waals surface area (Å²) in [5.74, 6) is 0. The minimum atomic E-state index is -0.303. The van der Waals surface area contributed by atoms with Crippen molar-refractivity contribution in [1.29, 1.82) is 0 Å². The lowest BCUT2D eigenvalue weighted by atomic mass is 10.0. The number of hydrogen-bond acceptors (Lipinski definition) is 4. The van der Waals surface area contributed by atoms with E-state index < -0.39 is 0 Å². The molecule has 3 aromatic rings. The number of aliphatic hydroxyl groups excluding tert-OH is 1. The smallest absolute Gasteiger partial charge is 0.319 e. The number of carbonyl (C=O) groups is 1. The van der Waals surface area contributed by atoms with Gasteiger partial charge in [-0.2, -0.15) is 0 Å². The maximum absolute atomic E-state index is 12.4. The maximum Gasteiger partial charge on any atom is 0.319 e. The molecular weight excluding hydrogens is 318 g/mol. The van der Waals surface area contributed by atoms with E-state index in [-0.39, 0.29) is 18.7 Å². The average Bonchev–Trinajstić information content (AvgIpc) is 3.00. The van der Waals surface area contributed by atoms with Gasteiger partial charge in [0.05, 0.1) is 11.7 Å². The molecule has 3 rings (SSSR count). The normalized spacial score (nSPS) is 12.1. The summed E-state index contributed by atoms with van der Waals surface area (Å²) in [4.78, 5) is 12.4. The van der Waals surface area contributed by atoms with Gasteiger partial charge < -0.3 is 20.3 Å². The third-order valence-corrected chi connectivity index (χ3v) is 4.07. The fourth-order valence-electron chi connectivity index (χ4n) is 2.77. The van der Waals surface area contributed by atoms with Crippen LogP contribution in [0.25, 0.3) is 11.0 Å². The Morgan fingerprint density at radius 2 is 2.04 bits per heavy atom. The van der Waals surface area contributed by atoms with E-state index in [1.165, 1.54) is 0 Å². The van der Waals surface area contributed by atoms with Gasteiger partial charge in [0.2, 0.25) is 0 Å². The van der Waals surface area contributed by atoms with Gasteiger partial charge in [-0.1, -0.05) is 35.5 Å². The highest BCUT2D eigenvalue weighted by Crippen LogP contribution is 2.22. The molecule has 0 radical (unpaired) electrons. The van der Waals surface area contributed by atoms with Crippen LogP contribution in [-0.4, -0.2) is 22.9 Å². The summed E-state index contributed by atoms with van der Waals surface area (Å²) in [6, 6.07) is 14.7. The van der Waals surface area contributed by atoms with E-state index in [9.17, 15) is 4.79 Å². The number of nitrogens with zero attached hydrogens (tertiary/aromatic N) is 1. The lowest BCUT2D eigenvalue weighted by Crippen LogP contribution is -2.32. The van der Waals surface area contributed by atoms with Crippen molar-refractivity contribution >= 4 is 22.7 Å². The van der Waals surface area contributed by atoms with E-state index >= 15 is 0 Å². The van der Waals surface area contributed by atoms with Gasteiger partial charge in [0.1, 0.15) is 0 Å². The Morgan fingerprint density at radius 3 is 2.80 bits per heavy atom. The number of amides is 2. The van der Waals surface area contributed by atoms with E-state index in [0.29, 0.717) is 24.1 Å². The number of benzene rings is 2. The monoisotopic (exact) mass is 339 g/mol. The summed E-state index contributed by atoms with van der Waals surface area (Å²) in [6.07, 6.45) is 1.28. The average molecular weight is 339 g/mol. The lowest BCUT2D eigenvalue weighted by Gasteiger charge is -2.19. The van der Waals surface area contributed by atoms with Crippen molar-refractivity contribution in [2.24, 2.45) is 0 Å². The van der Waals surface area contributed by atoms with Crippen LogP contribution in [0.15, 0.2) is 53.1 Å². The van der Waals surface area contributed by atoms with Gasteiger partial charge in [0.15, 0.2) is 5.58 Å². The molecule has 0 bridgehead atoms. The Bertz CT molecular complexity index is 846. The molecule has 0 spiro atoms. The molecule has 0 saturated carbocycles. The zero-order valence-electron chi connectivity index (χ0n) is 14.0. The Balaban J connectivity index is 1.69. The van der Waals surface area contributed by atoms with E-state index in [2.05, 4.69) is 15.8 Å². The van der Waals surface area contributed by atoms with Gasteiger partial charge in [-0.05, 0) is 37.5 Å². The minimum Gasteiger partial charge on any atom is -0.396 e. The minimum absolute atomic E-state index is 0.0914. The highest BCUT2D eigenvalue weighted by atomic mass is 16.5. The molecule has 0 saturated heterocycles. The van der Waals surface area contributed by atoms with E-state index in [4.69, 9.17) is 9.63 Å². The molecule has 0 aliphatic rings. The van der Waals surface area contributed by atoms with Crippen LogP contribution in [-0.2, 0) is 0 Å². The molecule has 25 heavy (non-hydrogen) atoms. The SMILES string of the molecule is Cc1noc2cc(NC(=O)NC(CCCO)c3ccccc3)ccc12. The Morgan fingerprint density at radius 1 is 1.24 bits per heavy atom. The number of fused-ring (bicyclic) bond motifs is 1. The van der Waals surface area contributed by atoms with Gasteiger partial charge in [-0.3, -0.25) is 0 Å². The van der Waals surface area contributed by atoms with Gasteiger partial charge in [0, 0.05) is 23.7 Å². The molecule has 6 nitrogen and oxygen atoms in total. The van der Waals surface area contributed by atoms with Crippen LogP contribution < -0.4 is 10.6 Å². The number of nitrogens with one attached hydrogen (secondary N) is 2. The molecule has 2 aromatic carbocycles. The van der Waals surface area contributed by atoms with Crippen LogP contribution in [0, 0.1) is 6.92 Å². The molecule has 1 unspecified atom stereocenters. The van der Waals surface area contributed by atoms with Crippen LogP contribution in [0.3, 0.4) is 0 Å². The third-order valence-electron chi connectivity index (χ3n) is 4.07. The molecule has 1 atom stereocenters. The van der Waals surface area contributed by atoms with E-state index in [0.717, 1.165) is 16.6 Å². The molecule has 0 aliphatic heterocycles. The Hall–Kier alpha value is -2.86. The summed E-state index contributed by atoms with van der Waals surface area (Å²) < 4.78 is 5.22. The summed E-state index contributed by atoms with van der Waals surface area (Å²) in [5.41, 5.74) is 3.09. The number of anilines is 1. The highest BCUT2D eigenvalue weighted by molar-refractivity contribution is 5.92. The first kappa shape index (κ1) is 17.0. The summed E-state index contributed by atoms with van der Waals surface area (Å²) >= 11 is 0. The van der Waals surface area contributed by atoms with Gasteiger partial charge >= 0.3 is 6.03 Å². The van der Waals surface area contributed by atoms with Gasteiger partial charge in [-0.25, -0.2) is 4.79 Å². The number of aryl methyl sites for hydroxylation is 1. The van der Waals surface area contributed by atoms with Crippen molar-refractivity contribution in [3.05, 3.63) is 59.8 Å². The van der Waals surface area contributed by atoms with Crippen molar-refractivity contribution in [2.45, 2.75) is 25.8 Å². The summed E-state index contributed by atoms with van der Waals surface area (Å²) in [6.45, 7) is 1.96. The van der Waals surface area contributed by atoms with Crippen molar-refractivity contribution < 1.29 is 14.4 Å². The van der Waals surface area contributed by atoms with Crippen LogP contribution in [0.5, 0.6) is 0 Å². The Labute approximate surface area is 145 Å². The largest absolute Gasteiger partial charge is 0.396 e. The predicted octanol–water partition coefficient (Wildman–Crippen LogP) is 3.77. The van der Waals surface area contributed by atoms with E-state index in [1.807, 2.05) is 49.4 Å². The number of aromatic nitrogens is 1. The molecule has 3 N–H and O–H groups in total. The molecule has 2 amide bonds. The van der Waals surface area contributed by atoms with Crippen LogP contribution in [0.1, 0.15) is 30.1 Å². The number of hydrogen-bond donors (Lipinski definition) is 3. The van der Waals surface area contributed by atoms with Crippen LogP contribution in [0.2, 0.25) is 0 Å². The fraction of sp³-hybridized carbons (Fsp3) is 0.263. The Kier molecular flexibility index (Phi) is 5.30. The molecular formula is C19H21N3O3. The van der Waals surface area contributed by atoms with Crippen molar-refractivity contribution in [1.82, 2.24) is 10.5 Å². The zero-order valence-corrected chi connectivity index (χ0v) is 14.0. The second kappa shape index (κ2) is 7.81. The number of carbonyl (C=O) groups excluding carboxylic acids is 1. The highest BCUT2D eigenvalue weighted by Gasteiger charge is 2.14.